The first kappa shape index (κ1) is 14.0. The molecule has 0 aromatic heterocycles. The van der Waals surface area contributed by atoms with Crippen LogP contribution in [0, 0.1) is 0 Å². The van der Waals surface area contributed by atoms with E-state index in [1.165, 1.54) is 0 Å². The Hall–Kier alpha value is -1.03. The SMILES string of the molecule is COc1cccc([C@H](C)NC(=O)C(C)(C)Br)c1. The van der Waals surface area contributed by atoms with Gasteiger partial charge in [-0.2, -0.15) is 0 Å². The lowest BCUT2D eigenvalue weighted by atomic mass is 10.1. The molecule has 17 heavy (non-hydrogen) atoms. The lowest BCUT2D eigenvalue weighted by molar-refractivity contribution is -0.123. The second kappa shape index (κ2) is 5.54. The molecule has 1 rings (SSSR count). The number of nitrogens with one attached hydrogen (secondary N) is 1. The van der Waals surface area contributed by atoms with E-state index in [1.54, 1.807) is 7.11 Å². The number of halogens is 1. The van der Waals surface area contributed by atoms with Crippen LogP contribution in [0.25, 0.3) is 0 Å². The van der Waals surface area contributed by atoms with Gasteiger partial charge in [-0.05, 0) is 38.5 Å². The van der Waals surface area contributed by atoms with Crippen LogP contribution < -0.4 is 10.1 Å². The van der Waals surface area contributed by atoms with E-state index in [9.17, 15) is 4.79 Å². The zero-order valence-corrected chi connectivity index (χ0v) is 12.2. The van der Waals surface area contributed by atoms with Crippen LogP contribution in [0.1, 0.15) is 32.4 Å². The molecule has 0 aliphatic heterocycles. The number of methoxy groups -OCH3 is 1. The van der Waals surface area contributed by atoms with Crippen LogP contribution in [0.3, 0.4) is 0 Å². The minimum absolute atomic E-state index is 0.0344. The first-order valence-corrected chi connectivity index (χ1v) is 6.27. The van der Waals surface area contributed by atoms with Crippen molar-refractivity contribution in [1.29, 1.82) is 0 Å². The Morgan fingerprint density at radius 2 is 2.12 bits per heavy atom. The summed E-state index contributed by atoms with van der Waals surface area (Å²) in [7, 11) is 1.63. The predicted molar refractivity (Wildman–Crippen MR) is 72.6 cm³/mol. The number of hydrogen-bond acceptors (Lipinski definition) is 2. The van der Waals surface area contributed by atoms with Gasteiger partial charge in [0.2, 0.25) is 5.91 Å². The summed E-state index contributed by atoms with van der Waals surface area (Å²) < 4.78 is 4.60. The normalized spacial score (nSPS) is 13.0. The van der Waals surface area contributed by atoms with Gasteiger partial charge >= 0.3 is 0 Å². The quantitative estimate of drug-likeness (QED) is 0.868. The number of rotatable bonds is 4. The standard InChI is InChI=1S/C13H18BrNO2/c1-9(15-12(16)13(2,3)14)10-6-5-7-11(8-10)17-4/h5-9H,1-4H3,(H,15,16)/t9-/m0/s1. The van der Waals surface area contributed by atoms with E-state index in [1.807, 2.05) is 45.0 Å². The van der Waals surface area contributed by atoms with Crippen LogP contribution in [0.4, 0.5) is 0 Å². The third kappa shape index (κ3) is 4.04. The van der Waals surface area contributed by atoms with Gasteiger partial charge in [0, 0.05) is 0 Å². The third-order valence-electron chi connectivity index (χ3n) is 2.48. The molecule has 1 aromatic rings. The highest BCUT2D eigenvalue weighted by Crippen LogP contribution is 2.21. The van der Waals surface area contributed by atoms with Gasteiger partial charge in [0.1, 0.15) is 5.75 Å². The van der Waals surface area contributed by atoms with Crippen molar-refractivity contribution in [3.8, 4) is 5.75 Å². The van der Waals surface area contributed by atoms with Crippen LogP contribution >= 0.6 is 15.9 Å². The van der Waals surface area contributed by atoms with Crippen molar-refractivity contribution in [1.82, 2.24) is 5.32 Å². The maximum absolute atomic E-state index is 11.8. The van der Waals surface area contributed by atoms with Crippen LogP contribution in [0.15, 0.2) is 24.3 Å². The molecule has 94 valence electrons. The molecule has 0 radical (unpaired) electrons. The molecule has 0 heterocycles. The van der Waals surface area contributed by atoms with Gasteiger partial charge in [-0.1, -0.05) is 28.1 Å². The molecule has 0 aliphatic rings. The molecule has 0 saturated carbocycles. The van der Waals surface area contributed by atoms with Gasteiger partial charge in [-0.25, -0.2) is 0 Å². The molecule has 1 amide bonds. The number of alkyl halides is 1. The van der Waals surface area contributed by atoms with Crippen molar-refractivity contribution in [2.75, 3.05) is 7.11 Å². The minimum atomic E-state index is -0.555. The third-order valence-corrected chi connectivity index (χ3v) is 2.84. The number of benzene rings is 1. The second-order valence-corrected chi connectivity index (χ2v) is 6.43. The molecule has 0 saturated heterocycles. The highest BCUT2D eigenvalue weighted by molar-refractivity contribution is 9.10. The Kier molecular flexibility index (Phi) is 4.57. The minimum Gasteiger partial charge on any atom is -0.497 e. The van der Waals surface area contributed by atoms with Crippen molar-refractivity contribution in [3.63, 3.8) is 0 Å². The summed E-state index contributed by atoms with van der Waals surface area (Å²) in [5.74, 6) is 0.759. The summed E-state index contributed by atoms with van der Waals surface area (Å²) in [4.78, 5) is 11.8. The summed E-state index contributed by atoms with van der Waals surface area (Å²) >= 11 is 3.34. The first-order valence-electron chi connectivity index (χ1n) is 5.48. The molecule has 0 bridgehead atoms. The predicted octanol–water partition coefficient (Wildman–Crippen LogP) is 3.05. The number of amides is 1. The first-order chi connectivity index (χ1) is 7.84. The van der Waals surface area contributed by atoms with Crippen molar-refractivity contribution in [2.45, 2.75) is 31.1 Å². The summed E-state index contributed by atoms with van der Waals surface area (Å²) in [5.41, 5.74) is 1.02. The Bertz CT molecular complexity index is 399. The van der Waals surface area contributed by atoms with Crippen LogP contribution in [-0.4, -0.2) is 17.3 Å². The van der Waals surface area contributed by atoms with Crippen molar-refractivity contribution < 1.29 is 9.53 Å². The van der Waals surface area contributed by atoms with E-state index in [0.29, 0.717) is 0 Å². The van der Waals surface area contributed by atoms with Gasteiger partial charge in [0.25, 0.3) is 0 Å². The molecule has 4 heteroatoms. The number of ether oxygens (including phenoxy) is 1. The zero-order valence-electron chi connectivity index (χ0n) is 10.6. The van der Waals surface area contributed by atoms with E-state index in [2.05, 4.69) is 21.2 Å². The molecule has 0 unspecified atom stereocenters. The van der Waals surface area contributed by atoms with E-state index in [4.69, 9.17) is 4.74 Å². The Morgan fingerprint density at radius 3 is 2.65 bits per heavy atom. The smallest absolute Gasteiger partial charge is 0.236 e. The molecule has 0 fully saturated rings. The summed E-state index contributed by atoms with van der Waals surface area (Å²) in [6, 6.07) is 7.64. The fourth-order valence-electron chi connectivity index (χ4n) is 1.36. The molecule has 1 atom stereocenters. The highest BCUT2D eigenvalue weighted by atomic mass is 79.9. The van der Waals surface area contributed by atoms with Gasteiger partial charge < -0.3 is 10.1 Å². The summed E-state index contributed by atoms with van der Waals surface area (Å²) in [6.45, 7) is 5.59. The van der Waals surface area contributed by atoms with Gasteiger partial charge in [-0.3, -0.25) is 4.79 Å². The summed E-state index contributed by atoms with van der Waals surface area (Å²) in [5, 5.41) is 2.95. The summed E-state index contributed by atoms with van der Waals surface area (Å²) in [6.07, 6.45) is 0. The average molecular weight is 300 g/mol. The van der Waals surface area contributed by atoms with E-state index < -0.39 is 4.32 Å². The molecule has 0 aliphatic carbocycles. The van der Waals surface area contributed by atoms with Gasteiger partial charge in [0.05, 0.1) is 17.5 Å². The van der Waals surface area contributed by atoms with E-state index >= 15 is 0 Å². The fraction of sp³-hybridized carbons (Fsp3) is 0.462. The average Bonchev–Trinajstić information content (AvgIpc) is 2.27. The van der Waals surface area contributed by atoms with Gasteiger partial charge in [-0.15, -0.1) is 0 Å². The van der Waals surface area contributed by atoms with Crippen LogP contribution in [-0.2, 0) is 4.79 Å². The van der Waals surface area contributed by atoms with E-state index in [-0.39, 0.29) is 11.9 Å². The molecule has 1 N–H and O–H groups in total. The van der Waals surface area contributed by atoms with E-state index in [0.717, 1.165) is 11.3 Å². The zero-order chi connectivity index (χ0) is 13.1. The topological polar surface area (TPSA) is 38.3 Å². The molecule has 3 nitrogen and oxygen atoms in total. The Balaban J connectivity index is 2.76. The second-order valence-electron chi connectivity index (χ2n) is 4.44. The monoisotopic (exact) mass is 299 g/mol. The van der Waals surface area contributed by atoms with Crippen molar-refractivity contribution >= 4 is 21.8 Å². The lowest BCUT2D eigenvalue weighted by Crippen LogP contribution is -2.38. The number of hydrogen-bond donors (Lipinski definition) is 1. The Morgan fingerprint density at radius 1 is 1.47 bits per heavy atom. The van der Waals surface area contributed by atoms with Crippen LogP contribution in [0.2, 0.25) is 0 Å². The number of carbonyl (C=O) groups is 1. The lowest BCUT2D eigenvalue weighted by Gasteiger charge is -2.21. The fourth-order valence-corrected chi connectivity index (χ4v) is 1.48. The van der Waals surface area contributed by atoms with Crippen LogP contribution in [0.5, 0.6) is 5.75 Å². The maximum Gasteiger partial charge on any atom is 0.236 e. The van der Waals surface area contributed by atoms with Crippen molar-refractivity contribution in [2.24, 2.45) is 0 Å². The Labute approximate surface area is 111 Å². The molecule has 0 spiro atoms. The maximum atomic E-state index is 11.8. The van der Waals surface area contributed by atoms with Gasteiger partial charge in [0.15, 0.2) is 0 Å². The number of carbonyl (C=O) groups excluding carboxylic acids is 1. The van der Waals surface area contributed by atoms with Crippen molar-refractivity contribution in [3.05, 3.63) is 29.8 Å². The molecular formula is C13H18BrNO2. The largest absolute Gasteiger partial charge is 0.497 e. The molecule has 1 aromatic carbocycles. The molecular weight excluding hydrogens is 282 g/mol. The highest BCUT2D eigenvalue weighted by Gasteiger charge is 2.25.